The number of nitrogens with two attached hydrogens (primary N) is 1. The zero-order valence-corrected chi connectivity index (χ0v) is 26.5. The Morgan fingerprint density at radius 3 is 2.32 bits per heavy atom. The summed E-state index contributed by atoms with van der Waals surface area (Å²) in [5, 5.41) is 22.4. The molecule has 1 heterocycles. The second-order valence-corrected chi connectivity index (χ2v) is 12.2. The molecule has 3 aromatic carbocycles. The molecule has 1 atom stereocenters. The second kappa shape index (κ2) is 14.3. The van der Waals surface area contributed by atoms with Gasteiger partial charge in [-0.1, -0.05) is 58.0 Å². The Morgan fingerprint density at radius 2 is 1.70 bits per heavy atom. The van der Waals surface area contributed by atoms with Gasteiger partial charge in [-0.15, -0.1) is 0 Å². The van der Waals surface area contributed by atoms with Gasteiger partial charge >= 0.3 is 5.97 Å². The molecule has 0 saturated carbocycles. The van der Waals surface area contributed by atoms with Gasteiger partial charge in [0.15, 0.2) is 34.0 Å². The Morgan fingerprint density at radius 1 is 1.05 bits per heavy atom. The summed E-state index contributed by atoms with van der Waals surface area (Å²) in [4.78, 5) is 27.2. The van der Waals surface area contributed by atoms with Crippen LogP contribution in [-0.2, 0) is 24.2 Å². The van der Waals surface area contributed by atoms with E-state index in [0.717, 1.165) is 12.8 Å². The number of aromatic hydroxyl groups is 2. The molecule has 3 aromatic rings. The molecule has 0 bridgehead atoms. The van der Waals surface area contributed by atoms with Crippen LogP contribution in [0.1, 0.15) is 52.1 Å². The SMILES string of the molecule is CC.CCC1(CC)CN(c2ccccc2)c2cc(N)c(OCC(=O)NC(C(=O)OC)c3cccc(O)c3O)cc2S(=O)(=O)C1. The number of benzene rings is 3. The van der Waals surface area contributed by atoms with Crippen LogP contribution >= 0.6 is 0 Å². The van der Waals surface area contributed by atoms with Crippen LogP contribution in [0.15, 0.2) is 65.6 Å². The number of nitrogen functional groups attached to an aromatic ring is 1. The molecular weight excluding hydrogens is 586 g/mol. The third-order valence-electron chi connectivity index (χ3n) is 7.73. The van der Waals surface area contributed by atoms with E-state index in [9.17, 15) is 28.2 Å². The zero-order chi connectivity index (χ0) is 32.7. The number of carbonyl (C=O) groups is 2. The number of nitrogens with zero attached hydrogens (tertiary/aromatic N) is 1. The summed E-state index contributed by atoms with van der Waals surface area (Å²) >= 11 is 0. The minimum Gasteiger partial charge on any atom is -0.504 e. The first-order chi connectivity index (χ1) is 20.9. The van der Waals surface area contributed by atoms with E-state index < -0.39 is 51.3 Å². The van der Waals surface area contributed by atoms with Crippen LogP contribution in [0.2, 0.25) is 0 Å². The summed E-state index contributed by atoms with van der Waals surface area (Å²) in [7, 11) is -2.69. The Balaban J connectivity index is 0.00000259. The summed E-state index contributed by atoms with van der Waals surface area (Å²) in [5.74, 6) is -2.83. The fourth-order valence-corrected chi connectivity index (χ4v) is 7.36. The molecule has 1 amide bonds. The minimum atomic E-state index is -3.80. The quantitative estimate of drug-likeness (QED) is 0.146. The van der Waals surface area contributed by atoms with Crippen LogP contribution in [0.3, 0.4) is 0 Å². The van der Waals surface area contributed by atoms with E-state index in [1.54, 1.807) is 0 Å². The van der Waals surface area contributed by atoms with E-state index in [1.807, 2.05) is 62.9 Å². The highest BCUT2D eigenvalue weighted by Gasteiger charge is 2.41. The van der Waals surface area contributed by atoms with Crippen molar-refractivity contribution < 1.29 is 37.7 Å². The molecule has 1 aliphatic rings. The Hall–Kier alpha value is -4.45. The number of methoxy groups -OCH3 is 1. The number of phenols is 2. The van der Waals surface area contributed by atoms with Crippen molar-refractivity contribution in [3.8, 4) is 17.2 Å². The summed E-state index contributed by atoms with van der Waals surface area (Å²) in [5.41, 5.74) is 7.09. The lowest BCUT2D eigenvalue weighted by Crippen LogP contribution is -2.37. The van der Waals surface area contributed by atoms with Gasteiger partial charge in [-0.05, 0) is 37.1 Å². The molecular formula is C32H41N3O8S. The van der Waals surface area contributed by atoms with Crippen LogP contribution < -0.4 is 20.7 Å². The number of nitrogens with one attached hydrogen (secondary N) is 1. The van der Waals surface area contributed by atoms with E-state index in [0.29, 0.717) is 25.1 Å². The predicted octanol–water partition coefficient (Wildman–Crippen LogP) is 4.85. The lowest BCUT2D eigenvalue weighted by atomic mass is 9.83. The van der Waals surface area contributed by atoms with E-state index in [4.69, 9.17) is 15.2 Å². The van der Waals surface area contributed by atoms with Crippen molar-refractivity contribution in [1.29, 1.82) is 0 Å². The van der Waals surface area contributed by atoms with Gasteiger partial charge in [0.25, 0.3) is 5.91 Å². The first kappa shape index (κ1) is 34.0. The molecule has 0 spiro atoms. The van der Waals surface area contributed by atoms with Crippen LogP contribution in [0.5, 0.6) is 17.2 Å². The average Bonchev–Trinajstić information content (AvgIpc) is 3.12. The summed E-state index contributed by atoms with van der Waals surface area (Å²) in [6.45, 7) is 7.80. The Kier molecular flexibility index (Phi) is 11.1. The smallest absolute Gasteiger partial charge is 0.333 e. The standard InChI is InChI=1S/C30H35N3O8S.C2H6/c1-4-30(5-2)17-33(19-10-7-6-8-11-19)22-14-21(31)24(15-25(22)42(38,39)18-30)41-16-26(35)32-27(29(37)40-3)20-12-9-13-23(34)28(20)36;1-2/h6-15,27,34,36H,4-5,16-18,31H2,1-3H3,(H,32,35);1-2H3. The molecule has 238 valence electrons. The number of carbonyl (C=O) groups excluding carboxylic acids is 2. The van der Waals surface area contributed by atoms with Gasteiger partial charge in [-0.3, -0.25) is 4.79 Å². The number of phenolic OH excluding ortho intramolecular Hbond substituents is 2. The first-order valence-corrected chi connectivity index (χ1v) is 16.1. The van der Waals surface area contributed by atoms with Crippen molar-refractivity contribution in [3.63, 3.8) is 0 Å². The normalized spacial score (nSPS) is 15.4. The predicted molar refractivity (Wildman–Crippen MR) is 169 cm³/mol. The molecule has 11 nitrogen and oxygen atoms in total. The molecule has 0 aliphatic carbocycles. The molecule has 5 N–H and O–H groups in total. The van der Waals surface area contributed by atoms with E-state index >= 15 is 0 Å². The lowest BCUT2D eigenvalue weighted by Gasteiger charge is -2.35. The van der Waals surface area contributed by atoms with Crippen LogP contribution in [0, 0.1) is 5.41 Å². The summed E-state index contributed by atoms with van der Waals surface area (Å²) < 4.78 is 38.0. The zero-order valence-electron chi connectivity index (χ0n) is 25.7. The molecule has 0 radical (unpaired) electrons. The summed E-state index contributed by atoms with van der Waals surface area (Å²) in [6, 6.07) is 14.8. The van der Waals surface area contributed by atoms with Crippen molar-refractivity contribution in [3.05, 3.63) is 66.2 Å². The second-order valence-electron chi connectivity index (χ2n) is 10.3. The maximum Gasteiger partial charge on any atom is 0.333 e. The minimum absolute atomic E-state index is 0.0178. The summed E-state index contributed by atoms with van der Waals surface area (Å²) in [6.07, 6.45) is 1.30. The fraction of sp³-hybridized carbons (Fsp3) is 0.375. The van der Waals surface area contributed by atoms with Crippen molar-refractivity contribution in [1.82, 2.24) is 5.32 Å². The van der Waals surface area contributed by atoms with Crippen LogP contribution in [0.4, 0.5) is 17.1 Å². The number of amides is 1. The van der Waals surface area contributed by atoms with E-state index in [2.05, 4.69) is 5.32 Å². The number of para-hydroxylation sites is 2. The fourth-order valence-electron chi connectivity index (χ4n) is 5.12. The van der Waals surface area contributed by atoms with Crippen molar-refractivity contribution >= 4 is 38.8 Å². The number of sulfone groups is 1. The highest BCUT2D eigenvalue weighted by Crippen LogP contribution is 2.46. The van der Waals surface area contributed by atoms with Crippen LogP contribution in [-0.4, -0.2) is 56.5 Å². The number of hydrogen-bond donors (Lipinski definition) is 4. The molecule has 0 fully saturated rings. The van der Waals surface area contributed by atoms with Gasteiger partial charge < -0.3 is 35.6 Å². The number of hydrogen-bond acceptors (Lipinski definition) is 10. The topological polar surface area (TPSA) is 168 Å². The highest BCUT2D eigenvalue weighted by atomic mass is 32.2. The van der Waals surface area contributed by atoms with E-state index in [-0.39, 0.29) is 27.6 Å². The lowest BCUT2D eigenvalue weighted by molar-refractivity contribution is -0.145. The number of rotatable bonds is 9. The molecule has 1 aliphatic heterocycles. The first-order valence-electron chi connectivity index (χ1n) is 14.4. The van der Waals surface area contributed by atoms with Gasteiger partial charge in [0.2, 0.25) is 0 Å². The van der Waals surface area contributed by atoms with Crippen molar-refractivity contribution in [2.24, 2.45) is 5.41 Å². The third-order valence-corrected chi connectivity index (χ3v) is 9.72. The van der Waals surface area contributed by atoms with Crippen molar-refractivity contribution in [2.75, 3.05) is 36.6 Å². The molecule has 12 heteroatoms. The Bertz CT molecular complexity index is 1570. The molecule has 4 rings (SSSR count). The maximum absolute atomic E-state index is 13.8. The van der Waals surface area contributed by atoms with Gasteiger partial charge in [0.1, 0.15) is 5.75 Å². The average molecular weight is 628 g/mol. The Labute approximate surface area is 258 Å². The molecule has 44 heavy (non-hydrogen) atoms. The molecule has 0 aromatic heterocycles. The van der Waals surface area contributed by atoms with Gasteiger partial charge in [-0.25, -0.2) is 13.2 Å². The number of fused-ring (bicyclic) bond motifs is 1. The highest BCUT2D eigenvalue weighted by molar-refractivity contribution is 7.91. The third kappa shape index (κ3) is 7.19. The van der Waals surface area contributed by atoms with Crippen molar-refractivity contribution in [2.45, 2.75) is 51.5 Å². The van der Waals surface area contributed by atoms with Gasteiger partial charge in [0, 0.05) is 29.3 Å². The van der Waals surface area contributed by atoms with Gasteiger partial charge in [-0.2, -0.15) is 0 Å². The van der Waals surface area contributed by atoms with Crippen LogP contribution in [0.25, 0.3) is 0 Å². The molecule has 1 unspecified atom stereocenters. The largest absolute Gasteiger partial charge is 0.504 e. The molecule has 0 saturated heterocycles. The van der Waals surface area contributed by atoms with Gasteiger partial charge in [0.05, 0.1) is 29.1 Å². The number of ether oxygens (including phenoxy) is 2. The van der Waals surface area contributed by atoms with E-state index in [1.165, 1.54) is 30.3 Å². The number of esters is 1. The maximum atomic E-state index is 13.8. The number of anilines is 3. The monoisotopic (exact) mass is 627 g/mol.